The summed E-state index contributed by atoms with van der Waals surface area (Å²) in [6, 6.07) is 7.87. The Morgan fingerprint density at radius 3 is 2.78 bits per heavy atom. The molecule has 0 radical (unpaired) electrons. The second-order valence-electron chi connectivity index (χ2n) is 6.47. The number of nitrogens with zero attached hydrogens (tertiary/aromatic N) is 1. The molecule has 2 bridgehead atoms. The first kappa shape index (κ1) is 14.2. The van der Waals surface area contributed by atoms with Crippen LogP contribution in [0.3, 0.4) is 0 Å². The fraction of sp³-hybridized carbons (Fsp3) is 0.368. The van der Waals surface area contributed by atoms with Crippen LogP contribution in [0.2, 0.25) is 0 Å². The van der Waals surface area contributed by atoms with Gasteiger partial charge in [-0.3, -0.25) is 9.78 Å². The lowest BCUT2D eigenvalue weighted by molar-refractivity contribution is 0.101. The number of hydrogen-bond donors (Lipinski definition) is 1. The van der Waals surface area contributed by atoms with Crippen molar-refractivity contribution in [1.82, 2.24) is 4.98 Å². The van der Waals surface area contributed by atoms with Crippen molar-refractivity contribution in [1.29, 1.82) is 0 Å². The molecule has 0 aliphatic heterocycles. The molecule has 4 rings (SSSR count). The van der Waals surface area contributed by atoms with Gasteiger partial charge in [0.25, 0.3) is 0 Å². The molecule has 1 fully saturated rings. The first-order chi connectivity index (χ1) is 11.2. The summed E-state index contributed by atoms with van der Waals surface area (Å²) in [5, 5.41) is 3.48. The molecule has 0 spiro atoms. The van der Waals surface area contributed by atoms with Crippen molar-refractivity contribution in [2.45, 2.75) is 38.0 Å². The molecule has 2 aliphatic carbocycles. The van der Waals surface area contributed by atoms with E-state index in [1.165, 1.54) is 24.0 Å². The van der Waals surface area contributed by atoms with E-state index in [-0.39, 0.29) is 5.78 Å². The highest BCUT2D eigenvalue weighted by Gasteiger charge is 2.41. The van der Waals surface area contributed by atoms with E-state index in [1.54, 1.807) is 14.0 Å². The lowest BCUT2D eigenvalue weighted by atomic mass is 9.89. The monoisotopic (exact) mass is 308 g/mol. The molecule has 4 nitrogen and oxygen atoms in total. The number of carbonyl (C=O) groups is 1. The minimum absolute atomic E-state index is 0.0710. The van der Waals surface area contributed by atoms with Gasteiger partial charge in [0.15, 0.2) is 5.78 Å². The summed E-state index contributed by atoms with van der Waals surface area (Å²) in [5.41, 5.74) is 5.19. The fourth-order valence-corrected chi connectivity index (χ4v) is 4.14. The Hall–Kier alpha value is -2.36. The van der Waals surface area contributed by atoms with Crippen LogP contribution in [0.5, 0.6) is 5.75 Å². The van der Waals surface area contributed by atoms with Gasteiger partial charge in [-0.2, -0.15) is 0 Å². The molecule has 1 aromatic heterocycles. The van der Waals surface area contributed by atoms with Crippen LogP contribution in [0, 0.1) is 0 Å². The van der Waals surface area contributed by atoms with E-state index in [2.05, 4.69) is 10.3 Å². The van der Waals surface area contributed by atoms with Crippen molar-refractivity contribution in [3.05, 3.63) is 47.3 Å². The number of benzene rings is 1. The second kappa shape index (κ2) is 5.37. The number of Topliss-reactive ketones (excluding diaryl/α,β-unsaturated/α-hetero) is 1. The maximum atomic E-state index is 11.9. The van der Waals surface area contributed by atoms with Gasteiger partial charge in [0, 0.05) is 18.7 Å². The molecular weight excluding hydrogens is 288 g/mol. The summed E-state index contributed by atoms with van der Waals surface area (Å²) >= 11 is 0. The largest absolute Gasteiger partial charge is 0.497 e. The van der Waals surface area contributed by atoms with Gasteiger partial charge in [-0.1, -0.05) is 6.07 Å². The molecular formula is C19H20N2O2. The minimum Gasteiger partial charge on any atom is -0.497 e. The Morgan fingerprint density at radius 1 is 1.26 bits per heavy atom. The van der Waals surface area contributed by atoms with Gasteiger partial charge in [0.05, 0.1) is 19.0 Å². The van der Waals surface area contributed by atoms with Crippen molar-refractivity contribution in [2.75, 3.05) is 12.4 Å². The number of anilines is 2. The molecule has 1 heterocycles. The number of pyridine rings is 1. The summed E-state index contributed by atoms with van der Waals surface area (Å²) in [6.07, 6.45) is 5.37. The van der Waals surface area contributed by atoms with Gasteiger partial charge in [-0.15, -0.1) is 0 Å². The maximum absolute atomic E-state index is 11.9. The third-order valence-corrected chi connectivity index (χ3v) is 5.09. The summed E-state index contributed by atoms with van der Waals surface area (Å²) < 4.78 is 5.28. The van der Waals surface area contributed by atoms with Crippen LogP contribution in [0.15, 0.2) is 30.5 Å². The van der Waals surface area contributed by atoms with Crippen LogP contribution in [0.4, 0.5) is 11.4 Å². The van der Waals surface area contributed by atoms with Crippen molar-refractivity contribution >= 4 is 17.2 Å². The van der Waals surface area contributed by atoms with E-state index >= 15 is 0 Å². The van der Waals surface area contributed by atoms with E-state index < -0.39 is 0 Å². The first-order valence-electron chi connectivity index (χ1n) is 8.12. The molecule has 0 amide bonds. The normalized spacial score (nSPS) is 21.1. The SMILES string of the molecule is COc1cccc(Nc2cnc(C(C)=O)c3c2C2CCC3C2)c1. The van der Waals surface area contributed by atoms with E-state index in [0.29, 0.717) is 17.5 Å². The molecule has 23 heavy (non-hydrogen) atoms. The van der Waals surface area contributed by atoms with Crippen LogP contribution in [-0.2, 0) is 0 Å². The molecule has 118 valence electrons. The maximum Gasteiger partial charge on any atom is 0.178 e. The van der Waals surface area contributed by atoms with E-state index in [1.807, 2.05) is 30.5 Å². The van der Waals surface area contributed by atoms with Crippen molar-refractivity contribution < 1.29 is 9.53 Å². The number of hydrogen-bond acceptors (Lipinski definition) is 4. The van der Waals surface area contributed by atoms with Crippen molar-refractivity contribution in [3.63, 3.8) is 0 Å². The van der Waals surface area contributed by atoms with Crippen LogP contribution in [0.25, 0.3) is 0 Å². The van der Waals surface area contributed by atoms with Gasteiger partial charge in [0.1, 0.15) is 11.4 Å². The minimum atomic E-state index is 0.0710. The first-order valence-corrected chi connectivity index (χ1v) is 8.12. The van der Waals surface area contributed by atoms with Crippen molar-refractivity contribution in [3.8, 4) is 5.75 Å². The molecule has 0 saturated heterocycles. The topological polar surface area (TPSA) is 51.2 Å². The Balaban J connectivity index is 1.77. The number of carbonyl (C=O) groups excluding carboxylic acids is 1. The van der Waals surface area contributed by atoms with E-state index in [9.17, 15) is 4.79 Å². The molecule has 1 saturated carbocycles. The molecule has 4 heteroatoms. The van der Waals surface area contributed by atoms with Crippen LogP contribution >= 0.6 is 0 Å². The third-order valence-electron chi connectivity index (χ3n) is 5.09. The average molecular weight is 308 g/mol. The van der Waals surface area contributed by atoms with Gasteiger partial charge < -0.3 is 10.1 Å². The number of ether oxygens (including phenoxy) is 1. The Morgan fingerprint density at radius 2 is 2.04 bits per heavy atom. The Bertz CT molecular complexity index is 785. The number of fused-ring (bicyclic) bond motifs is 5. The number of methoxy groups -OCH3 is 1. The number of ketones is 1. The lowest BCUT2D eigenvalue weighted by Gasteiger charge is -2.21. The highest BCUT2D eigenvalue weighted by molar-refractivity contribution is 5.95. The predicted octanol–water partition coefficient (Wildman–Crippen LogP) is 4.40. The molecule has 2 atom stereocenters. The standard InChI is InChI=1S/C19H20N2O2/c1-11(22)19-18-13-7-6-12(8-13)17(18)16(10-20-19)21-14-4-3-5-15(9-14)23-2/h3-5,9-10,12-13,21H,6-8H2,1-2H3. The highest BCUT2D eigenvalue weighted by atomic mass is 16.5. The smallest absolute Gasteiger partial charge is 0.178 e. The Labute approximate surface area is 135 Å². The van der Waals surface area contributed by atoms with E-state index in [4.69, 9.17) is 4.74 Å². The molecule has 2 aromatic rings. The van der Waals surface area contributed by atoms with Gasteiger partial charge in [-0.05, 0) is 54.4 Å². The number of rotatable bonds is 4. The quantitative estimate of drug-likeness (QED) is 0.850. The van der Waals surface area contributed by atoms with Gasteiger partial charge in [-0.25, -0.2) is 0 Å². The van der Waals surface area contributed by atoms with Crippen LogP contribution < -0.4 is 10.1 Å². The zero-order chi connectivity index (χ0) is 16.0. The molecule has 1 N–H and O–H groups in total. The average Bonchev–Trinajstić information content (AvgIpc) is 3.17. The lowest BCUT2D eigenvalue weighted by Crippen LogP contribution is -2.11. The summed E-state index contributed by atoms with van der Waals surface area (Å²) in [7, 11) is 1.67. The Kier molecular flexibility index (Phi) is 3.33. The van der Waals surface area contributed by atoms with Gasteiger partial charge >= 0.3 is 0 Å². The van der Waals surface area contributed by atoms with Gasteiger partial charge in [0.2, 0.25) is 0 Å². The molecule has 2 aliphatic rings. The van der Waals surface area contributed by atoms with Crippen LogP contribution in [-0.4, -0.2) is 17.9 Å². The predicted molar refractivity (Wildman–Crippen MR) is 89.9 cm³/mol. The zero-order valence-electron chi connectivity index (χ0n) is 13.4. The fourth-order valence-electron chi connectivity index (χ4n) is 4.14. The third kappa shape index (κ3) is 2.29. The summed E-state index contributed by atoms with van der Waals surface area (Å²) in [5.74, 6) is 1.96. The van der Waals surface area contributed by atoms with E-state index in [0.717, 1.165) is 23.5 Å². The number of aromatic nitrogens is 1. The highest BCUT2D eigenvalue weighted by Crippen LogP contribution is 2.56. The molecule has 1 aromatic carbocycles. The summed E-state index contributed by atoms with van der Waals surface area (Å²) in [4.78, 5) is 16.4. The molecule has 2 unspecified atom stereocenters. The van der Waals surface area contributed by atoms with Crippen molar-refractivity contribution in [2.24, 2.45) is 0 Å². The summed E-state index contributed by atoms with van der Waals surface area (Å²) in [6.45, 7) is 1.61. The van der Waals surface area contributed by atoms with Crippen LogP contribution in [0.1, 0.15) is 59.6 Å². The second-order valence-corrected chi connectivity index (χ2v) is 6.47. The number of nitrogens with one attached hydrogen (secondary N) is 1. The zero-order valence-corrected chi connectivity index (χ0v) is 13.4.